The van der Waals surface area contributed by atoms with Crippen LogP contribution in [0.5, 0.6) is 0 Å². The van der Waals surface area contributed by atoms with Gasteiger partial charge in [0.05, 0.1) is 0 Å². The number of rotatable bonds is 7. The minimum Gasteiger partial charge on any atom is -0.423 e. The van der Waals surface area contributed by atoms with Gasteiger partial charge in [-0.3, -0.25) is 4.79 Å². The van der Waals surface area contributed by atoms with Crippen LogP contribution in [0.3, 0.4) is 0 Å². The molecule has 1 aromatic heterocycles. The topological polar surface area (TPSA) is 61.6 Å². The van der Waals surface area contributed by atoms with Crippen molar-refractivity contribution < 1.29 is 9.21 Å². The highest BCUT2D eigenvalue weighted by molar-refractivity contribution is 7.97. The zero-order chi connectivity index (χ0) is 23.5. The van der Waals surface area contributed by atoms with Gasteiger partial charge in [-0.25, -0.2) is 4.31 Å². The lowest BCUT2D eigenvalue weighted by Crippen LogP contribution is -2.39. The van der Waals surface area contributed by atoms with Crippen LogP contribution in [0.1, 0.15) is 31.2 Å². The monoisotopic (exact) mass is 498 g/mol. The van der Waals surface area contributed by atoms with Crippen LogP contribution in [0.15, 0.2) is 51.8 Å². The number of aryl methyl sites for hydroxylation is 1. The van der Waals surface area contributed by atoms with Crippen molar-refractivity contribution in [1.82, 2.24) is 14.6 Å². The third-order valence-corrected chi connectivity index (χ3v) is 8.10. The fourth-order valence-electron chi connectivity index (χ4n) is 4.74. The number of piperidine rings is 1. The summed E-state index contributed by atoms with van der Waals surface area (Å²) in [7, 11) is 0. The molecule has 2 aliphatic rings. The smallest absolute Gasteiger partial charge is 0.298 e. The second-order valence-electron chi connectivity index (χ2n) is 9.49. The predicted molar refractivity (Wildman–Crippen MR) is 138 cm³/mol. The zero-order valence-corrected chi connectivity index (χ0v) is 21.1. The lowest BCUT2D eigenvalue weighted by Gasteiger charge is -2.31. The third-order valence-electron chi connectivity index (χ3n) is 6.79. The Hall–Kier alpha value is -2.22. The third kappa shape index (κ3) is 5.88. The van der Waals surface area contributed by atoms with E-state index in [0.29, 0.717) is 29.3 Å². The number of amides is 1. The average Bonchev–Trinajstić information content (AvgIpc) is 3.46. The summed E-state index contributed by atoms with van der Waals surface area (Å²) in [5.41, 5.74) is 2.83. The number of nitrogens with one attached hydrogen (secondary N) is 1. The van der Waals surface area contributed by atoms with E-state index in [1.54, 1.807) is 11.9 Å². The van der Waals surface area contributed by atoms with Crippen molar-refractivity contribution in [3.8, 4) is 0 Å². The summed E-state index contributed by atoms with van der Waals surface area (Å²) in [4.78, 5) is 20.6. The summed E-state index contributed by atoms with van der Waals surface area (Å²) in [5, 5.41) is 3.86. The van der Waals surface area contributed by atoms with Crippen LogP contribution in [-0.2, 0) is 4.79 Å². The molecule has 6 nitrogen and oxygen atoms in total. The van der Waals surface area contributed by atoms with Crippen LogP contribution in [0.4, 0.5) is 6.01 Å². The maximum Gasteiger partial charge on any atom is 0.298 e. The Bertz CT molecular complexity index is 1130. The highest BCUT2D eigenvalue weighted by Gasteiger charge is 2.27. The standard InChI is InChI=1S/C26H31ClN4O2S/c1-18-2-5-22(6-3-18)34-31-13-10-20(17-31)14-25(32)28-16-19-8-11-30(12-9-19)26-29-23-15-21(27)4-7-24(23)33-26/h2-7,15,19-20H,8-14,16-17H2,1H3,(H,28,32). The molecule has 0 aliphatic carbocycles. The summed E-state index contributed by atoms with van der Waals surface area (Å²) in [6.45, 7) is 6.64. The van der Waals surface area contributed by atoms with Crippen LogP contribution in [0, 0.1) is 18.8 Å². The number of halogens is 1. The number of hydrogen-bond donors (Lipinski definition) is 1. The molecule has 5 rings (SSSR count). The molecule has 2 aromatic carbocycles. The van der Waals surface area contributed by atoms with Gasteiger partial charge in [0.1, 0.15) is 5.52 Å². The van der Waals surface area contributed by atoms with Gasteiger partial charge in [-0.05, 0) is 80.3 Å². The molecule has 1 amide bonds. The summed E-state index contributed by atoms with van der Waals surface area (Å²) in [5.74, 6) is 1.12. The molecule has 0 bridgehead atoms. The molecule has 2 aliphatic heterocycles. The summed E-state index contributed by atoms with van der Waals surface area (Å²) in [6.07, 6.45) is 3.74. The fraction of sp³-hybridized carbons (Fsp3) is 0.462. The molecule has 34 heavy (non-hydrogen) atoms. The van der Waals surface area contributed by atoms with Crippen molar-refractivity contribution in [2.24, 2.45) is 11.8 Å². The summed E-state index contributed by atoms with van der Waals surface area (Å²) < 4.78 is 8.29. The maximum absolute atomic E-state index is 12.6. The van der Waals surface area contributed by atoms with Crippen LogP contribution < -0.4 is 10.2 Å². The SMILES string of the molecule is Cc1ccc(SN2CCC(CC(=O)NCC3CCN(c4nc5cc(Cl)ccc5o4)CC3)C2)cc1. The number of oxazole rings is 1. The second-order valence-corrected chi connectivity index (χ2v) is 11.1. The Morgan fingerprint density at radius 1 is 1.12 bits per heavy atom. The molecule has 1 N–H and O–H groups in total. The molecule has 3 aromatic rings. The van der Waals surface area contributed by atoms with Crippen LogP contribution in [-0.4, -0.2) is 47.9 Å². The van der Waals surface area contributed by atoms with E-state index in [4.69, 9.17) is 16.0 Å². The first-order chi connectivity index (χ1) is 16.5. The number of anilines is 1. The molecule has 0 saturated carbocycles. The van der Waals surface area contributed by atoms with E-state index in [1.807, 2.05) is 18.2 Å². The highest BCUT2D eigenvalue weighted by atomic mass is 35.5. The first-order valence-electron chi connectivity index (χ1n) is 12.1. The molecule has 180 valence electrons. The van der Waals surface area contributed by atoms with Crippen molar-refractivity contribution in [2.45, 2.75) is 37.5 Å². The van der Waals surface area contributed by atoms with E-state index in [2.05, 4.69) is 50.7 Å². The molecule has 3 heterocycles. The average molecular weight is 499 g/mol. The number of benzene rings is 2. The van der Waals surface area contributed by atoms with E-state index in [-0.39, 0.29) is 5.91 Å². The van der Waals surface area contributed by atoms with E-state index in [0.717, 1.165) is 63.1 Å². The van der Waals surface area contributed by atoms with Gasteiger partial charge in [-0.2, -0.15) is 4.98 Å². The number of fused-ring (bicyclic) bond motifs is 1. The van der Waals surface area contributed by atoms with Crippen LogP contribution >= 0.6 is 23.5 Å². The summed E-state index contributed by atoms with van der Waals surface area (Å²) >= 11 is 7.86. The Balaban J connectivity index is 1.02. The van der Waals surface area contributed by atoms with Crippen molar-refractivity contribution in [3.63, 3.8) is 0 Å². The minimum atomic E-state index is 0.186. The van der Waals surface area contributed by atoms with Crippen LogP contribution in [0.25, 0.3) is 11.1 Å². The molecule has 0 spiro atoms. The van der Waals surface area contributed by atoms with Gasteiger partial charge in [0.15, 0.2) is 5.58 Å². The molecule has 0 radical (unpaired) electrons. The van der Waals surface area contributed by atoms with Crippen molar-refractivity contribution >= 4 is 46.6 Å². The minimum absolute atomic E-state index is 0.186. The lowest BCUT2D eigenvalue weighted by atomic mass is 9.96. The molecule has 8 heteroatoms. The predicted octanol–water partition coefficient (Wildman–Crippen LogP) is 5.54. The number of carbonyl (C=O) groups excluding carboxylic acids is 1. The van der Waals surface area contributed by atoms with E-state index in [1.165, 1.54) is 10.5 Å². The number of aromatic nitrogens is 1. The van der Waals surface area contributed by atoms with Gasteiger partial charge in [0.25, 0.3) is 6.01 Å². The van der Waals surface area contributed by atoms with E-state index in [9.17, 15) is 4.79 Å². The molecule has 2 saturated heterocycles. The largest absolute Gasteiger partial charge is 0.423 e. The molecular formula is C26H31ClN4O2S. The molecular weight excluding hydrogens is 468 g/mol. The number of nitrogens with zero attached hydrogens (tertiary/aromatic N) is 3. The Morgan fingerprint density at radius 3 is 2.68 bits per heavy atom. The van der Waals surface area contributed by atoms with Gasteiger partial charge < -0.3 is 14.6 Å². The Labute approximate surface area is 210 Å². The molecule has 2 fully saturated rings. The van der Waals surface area contributed by atoms with Crippen molar-refractivity contribution in [2.75, 3.05) is 37.6 Å². The van der Waals surface area contributed by atoms with Crippen LogP contribution in [0.2, 0.25) is 5.02 Å². The molecule has 1 atom stereocenters. The maximum atomic E-state index is 12.6. The van der Waals surface area contributed by atoms with E-state index < -0.39 is 0 Å². The van der Waals surface area contributed by atoms with Gasteiger partial charge in [0.2, 0.25) is 5.91 Å². The normalized spacial score (nSPS) is 19.7. The van der Waals surface area contributed by atoms with Gasteiger partial charge in [-0.15, -0.1) is 0 Å². The van der Waals surface area contributed by atoms with Gasteiger partial charge in [0, 0.05) is 49.1 Å². The summed E-state index contributed by atoms with van der Waals surface area (Å²) in [6, 6.07) is 14.8. The fourth-order valence-corrected chi connectivity index (χ4v) is 5.94. The van der Waals surface area contributed by atoms with Crippen molar-refractivity contribution in [1.29, 1.82) is 0 Å². The molecule has 1 unspecified atom stereocenters. The number of hydrogen-bond acceptors (Lipinski definition) is 6. The Kier molecular flexibility index (Phi) is 7.32. The number of carbonyl (C=O) groups is 1. The van der Waals surface area contributed by atoms with E-state index >= 15 is 0 Å². The van der Waals surface area contributed by atoms with Gasteiger partial charge >= 0.3 is 0 Å². The Morgan fingerprint density at radius 2 is 1.88 bits per heavy atom. The van der Waals surface area contributed by atoms with Gasteiger partial charge in [-0.1, -0.05) is 29.3 Å². The quantitative estimate of drug-likeness (QED) is 0.431. The van der Waals surface area contributed by atoms with Crippen molar-refractivity contribution in [3.05, 3.63) is 53.1 Å². The first-order valence-corrected chi connectivity index (χ1v) is 13.2. The first kappa shape index (κ1) is 23.5. The zero-order valence-electron chi connectivity index (χ0n) is 19.5. The lowest BCUT2D eigenvalue weighted by molar-refractivity contribution is -0.122. The highest BCUT2D eigenvalue weighted by Crippen LogP contribution is 2.31. The second kappa shape index (κ2) is 10.6.